The molecule has 0 amide bonds. The first-order valence-electron chi connectivity index (χ1n) is 5.17. The molecule has 0 saturated heterocycles. The summed E-state index contributed by atoms with van der Waals surface area (Å²) in [4.78, 5) is 0. The van der Waals surface area contributed by atoms with Gasteiger partial charge in [-0.1, -0.05) is 12.1 Å². The minimum Gasteiger partial charge on any atom is -0.491 e. The summed E-state index contributed by atoms with van der Waals surface area (Å²) in [5.74, 6) is 0.632. The highest BCUT2D eigenvalue weighted by atomic mass is 19.3. The molecule has 0 aliphatic rings. The summed E-state index contributed by atoms with van der Waals surface area (Å²) in [7, 11) is 0. The van der Waals surface area contributed by atoms with Crippen LogP contribution in [0.3, 0.4) is 0 Å². The van der Waals surface area contributed by atoms with E-state index in [0.29, 0.717) is 12.2 Å². The van der Waals surface area contributed by atoms with Crippen molar-refractivity contribution in [3.63, 3.8) is 0 Å². The van der Waals surface area contributed by atoms with Crippen molar-refractivity contribution in [3.05, 3.63) is 29.8 Å². The SMILES string of the molecule is N#CCc1ccc(OCCOCC(F)F)cc1. The standard InChI is InChI=1S/C12H13F2NO2/c13-12(14)9-16-7-8-17-11-3-1-10(2-4-11)5-6-15/h1-4,12H,5,7-9H2. The molecule has 0 fully saturated rings. The van der Waals surface area contributed by atoms with E-state index in [0.717, 1.165) is 5.56 Å². The molecule has 0 aromatic heterocycles. The maximum absolute atomic E-state index is 11.7. The lowest BCUT2D eigenvalue weighted by atomic mass is 10.2. The average Bonchev–Trinajstić information content (AvgIpc) is 2.31. The second kappa shape index (κ2) is 7.58. The first-order chi connectivity index (χ1) is 8.22. The van der Waals surface area contributed by atoms with Crippen molar-refractivity contribution < 1.29 is 18.3 Å². The van der Waals surface area contributed by atoms with Gasteiger partial charge in [-0.25, -0.2) is 8.78 Å². The molecule has 17 heavy (non-hydrogen) atoms. The Labute approximate surface area is 98.6 Å². The Hall–Kier alpha value is -1.67. The Bertz CT molecular complexity index is 360. The van der Waals surface area contributed by atoms with Crippen LogP contribution in [0.2, 0.25) is 0 Å². The molecule has 1 rings (SSSR count). The lowest BCUT2D eigenvalue weighted by molar-refractivity contribution is 0.00763. The van der Waals surface area contributed by atoms with Crippen molar-refractivity contribution in [1.82, 2.24) is 0 Å². The number of hydrogen-bond acceptors (Lipinski definition) is 3. The molecule has 1 aromatic carbocycles. The van der Waals surface area contributed by atoms with Crippen molar-refractivity contribution in [3.8, 4) is 11.8 Å². The molecular formula is C12H13F2NO2. The number of nitriles is 1. The van der Waals surface area contributed by atoms with Crippen molar-refractivity contribution in [2.24, 2.45) is 0 Å². The molecule has 0 radical (unpaired) electrons. The van der Waals surface area contributed by atoms with Crippen LogP contribution in [0.4, 0.5) is 8.78 Å². The summed E-state index contributed by atoms with van der Waals surface area (Å²) >= 11 is 0. The third-order valence-electron chi connectivity index (χ3n) is 1.95. The van der Waals surface area contributed by atoms with E-state index in [2.05, 4.69) is 4.74 Å². The van der Waals surface area contributed by atoms with E-state index in [1.165, 1.54) is 0 Å². The van der Waals surface area contributed by atoms with Gasteiger partial charge in [-0.15, -0.1) is 0 Å². The van der Waals surface area contributed by atoms with Gasteiger partial charge in [0.25, 0.3) is 6.43 Å². The van der Waals surface area contributed by atoms with Crippen molar-refractivity contribution in [2.45, 2.75) is 12.8 Å². The van der Waals surface area contributed by atoms with Crippen LogP contribution in [0.25, 0.3) is 0 Å². The summed E-state index contributed by atoms with van der Waals surface area (Å²) < 4.78 is 33.3. The molecule has 0 aliphatic carbocycles. The van der Waals surface area contributed by atoms with Crippen LogP contribution >= 0.6 is 0 Å². The van der Waals surface area contributed by atoms with Crippen LogP contribution in [0.1, 0.15) is 5.56 Å². The maximum Gasteiger partial charge on any atom is 0.261 e. The highest BCUT2D eigenvalue weighted by Crippen LogP contribution is 2.12. The van der Waals surface area contributed by atoms with E-state index in [1.54, 1.807) is 24.3 Å². The van der Waals surface area contributed by atoms with Gasteiger partial charge in [0, 0.05) is 0 Å². The highest BCUT2D eigenvalue weighted by Gasteiger charge is 2.01. The van der Waals surface area contributed by atoms with Crippen LogP contribution in [-0.4, -0.2) is 26.2 Å². The molecule has 0 N–H and O–H groups in total. The molecule has 0 heterocycles. The van der Waals surface area contributed by atoms with E-state index in [1.807, 2.05) is 6.07 Å². The van der Waals surface area contributed by atoms with Gasteiger partial charge in [-0.3, -0.25) is 0 Å². The van der Waals surface area contributed by atoms with Gasteiger partial charge >= 0.3 is 0 Å². The van der Waals surface area contributed by atoms with Crippen LogP contribution in [0.5, 0.6) is 5.75 Å². The Kier molecular flexibility index (Phi) is 5.97. The number of hydrogen-bond donors (Lipinski definition) is 0. The van der Waals surface area contributed by atoms with Gasteiger partial charge in [-0.05, 0) is 17.7 Å². The molecule has 0 saturated carbocycles. The number of nitrogens with zero attached hydrogens (tertiary/aromatic N) is 1. The zero-order valence-electron chi connectivity index (χ0n) is 9.23. The Morgan fingerprint density at radius 1 is 1.18 bits per heavy atom. The van der Waals surface area contributed by atoms with Crippen molar-refractivity contribution in [1.29, 1.82) is 5.26 Å². The van der Waals surface area contributed by atoms with Gasteiger partial charge in [0.15, 0.2) is 0 Å². The molecule has 0 unspecified atom stereocenters. The maximum atomic E-state index is 11.7. The number of halogens is 2. The summed E-state index contributed by atoms with van der Waals surface area (Å²) in [5.41, 5.74) is 0.911. The fourth-order valence-corrected chi connectivity index (χ4v) is 1.19. The topological polar surface area (TPSA) is 42.2 Å². The third-order valence-corrected chi connectivity index (χ3v) is 1.95. The normalized spacial score (nSPS) is 10.2. The fourth-order valence-electron chi connectivity index (χ4n) is 1.19. The number of ether oxygens (including phenoxy) is 2. The van der Waals surface area contributed by atoms with Crippen molar-refractivity contribution in [2.75, 3.05) is 19.8 Å². The van der Waals surface area contributed by atoms with Crippen LogP contribution in [-0.2, 0) is 11.2 Å². The second-order valence-corrected chi connectivity index (χ2v) is 3.29. The number of alkyl halides is 2. The predicted octanol–water partition coefficient (Wildman–Crippen LogP) is 2.41. The third kappa shape index (κ3) is 5.83. The minimum atomic E-state index is -2.44. The molecule has 1 aromatic rings. The molecule has 0 spiro atoms. The molecule has 3 nitrogen and oxygen atoms in total. The molecule has 0 aliphatic heterocycles. The molecule has 0 bridgehead atoms. The largest absolute Gasteiger partial charge is 0.491 e. The number of benzene rings is 1. The molecule has 5 heteroatoms. The second-order valence-electron chi connectivity index (χ2n) is 3.29. The molecule has 0 atom stereocenters. The lowest BCUT2D eigenvalue weighted by Gasteiger charge is -2.07. The fraction of sp³-hybridized carbons (Fsp3) is 0.417. The lowest BCUT2D eigenvalue weighted by Crippen LogP contribution is -2.11. The zero-order chi connectivity index (χ0) is 12.5. The summed E-state index contributed by atoms with van der Waals surface area (Å²) in [6, 6.07) is 9.09. The summed E-state index contributed by atoms with van der Waals surface area (Å²) in [6.07, 6.45) is -2.09. The van der Waals surface area contributed by atoms with E-state index >= 15 is 0 Å². The van der Waals surface area contributed by atoms with Gasteiger partial charge in [0.1, 0.15) is 19.0 Å². The Morgan fingerprint density at radius 2 is 1.88 bits per heavy atom. The first kappa shape index (κ1) is 13.4. The monoisotopic (exact) mass is 241 g/mol. The first-order valence-corrected chi connectivity index (χ1v) is 5.17. The summed E-state index contributed by atoms with van der Waals surface area (Å²) in [6.45, 7) is -0.209. The van der Waals surface area contributed by atoms with E-state index in [4.69, 9.17) is 10.00 Å². The van der Waals surface area contributed by atoms with Crippen LogP contribution in [0, 0.1) is 11.3 Å². The minimum absolute atomic E-state index is 0.129. The Balaban J connectivity index is 2.21. The van der Waals surface area contributed by atoms with Gasteiger partial charge in [-0.2, -0.15) is 5.26 Å². The van der Waals surface area contributed by atoms with Crippen LogP contribution < -0.4 is 4.74 Å². The summed E-state index contributed by atoms with van der Waals surface area (Å²) in [5, 5.41) is 8.48. The predicted molar refractivity (Wildman–Crippen MR) is 58.1 cm³/mol. The smallest absolute Gasteiger partial charge is 0.261 e. The number of rotatable bonds is 7. The van der Waals surface area contributed by atoms with E-state index in [-0.39, 0.29) is 13.2 Å². The van der Waals surface area contributed by atoms with Gasteiger partial charge < -0.3 is 9.47 Å². The quantitative estimate of drug-likeness (QED) is 0.688. The zero-order valence-corrected chi connectivity index (χ0v) is 9.23. The average molecular weight is 241 g/mol. The highest BCUT2D eigenvalue weighted by molar-refractivity contribution is 5.28. The van der Waals surface area contributed by atoms with E-state index < -0.39 is 13.0 Å². The van der Waals surface area contributed by atoms with Crippen molar-refractivity contribution >= 4 is 0 Å². The van der Waals surface area contributed by atoms with Gasteiger partial charge in [0.2, 0.25) is 0 Å². The van der Waals surface area contributed by atoms with Gasteiger partial charge in [0.05, 0.1) is 19.1 Å². The molecular weight excluding hydrogens is 228 g/mol. The van der Waals surface area contributed by atoms with E-state index in [9.17, 15) is 8.78 Å². The van der Waals surface area contributed by atoms with Crippen LogP contribution in [0.15, 0.2) is 24.3 Å². The Morgan fingerprint density at radius 3 is 2.47 bits per heavy atom. The molecule has 92 valence electrons.